The lowest BCUT2D eigenvalue weighted by Crippen LogP contribution is -2.31. The molecule has 0 radical (unpaired) electrons. The number of carbonyl (C=O) groups excluding carboxylic acids is 1. The molecule has 0 unspecified atom stereocenters. The maximum Gasteiger partial charge on any atom is 0.215 e. The average molecular weight is 345 g/mol. The maximum absolute atomic E-state index is 12.1. The van der Waals surface area contributed by atoms with E-state index in [1.807, 2.05) is 19.1 Å². The van der Waals surface area contributed by atoms with E-state index in [1.165, 1.54) is 6.08 Å². The predicted octanol–water partition coefficient (Wildman–Crippen LogP) is 4.26. The molecule has 0 aliphatic heterocycles. The highest BCUT2D eigenvalue weighted by Gasteiger charge is 2.36. The van der Waals surface area contributed by atoms with Gasteiger partial charge in [-0.3, -0.25) is 4.79 Å². The third-order valence-corrected chi connectivity index (χ3v) is 4.31. The van der Waals surface area contributed by atoms with E-state index < -0.39 is 11.9 Å². The number of carbonyl (C=O) groups is 1. The standard InChI is InChI=1S/C19H17ClO4/c1-12-4-3-5-15-16(21)10-11-19(2,17(12)15)24-23-18(22)13-6-8-14(20)9-7-13/h3-11,18,22H,1-2H3/t18-,19-/m0/s1. The van der Waals surface area contributed by atoms with Crippen molar-refractivity contribution in [1.82, 2.24) is 0 Å². The fraction of sp³-hybridized carbons (Fsp3) is 0.211. The summed E-state index contributed by atoms with van der Waals surface area (Å²) < 4.78 is 0. The smallest absolute Gasteiger partial charge is 0.215 e. The molecule has 2 aromatic carbocycles. The van der Waals surface area contributed by atoms with Gasteiger partial charge in [-0.2, -0.15) is 4.89 Å². The lowest BCUT2D eigenvalue weighted by molar-refractivity contribution is -0.414. The maximum atomic E-state index is 12.1. The number of allylic oxidation sites excluding steroid dienone is 1. The van der Waals surface area contributed by atoms with Crippen molar-refractivity contribution in [3.63, 3.8) is 0 Å². The average Bonchev–Trinajstić information content (AvgIpc) is 2.57. The van der Waals surface area contributed by atoms with E-state index >= 15 is 0 Å². The zero-order valence-corrected chi connectivity index (χ0v) is 14.1. The molecule has 3 rings (SSSR count). The van der Waals surface area contributed by atoms with Crippen LogP contribution in [0.1, 0.15) is 40.3 Å². The zero-order chi connectivity index (χ0) is 17.3. The van der Waals surface area contributed by atoms with E-state index in [-0.39, 0.29) is 5.78 Å². The molecule has 0 heterocycles. The van der Waals surface area contributed by atoms with Crippen molar-refractivity contribution >= 4 is 17.4 Å². The van der Waals surface area contributed by atoms with Crippen LogP contribution >= 0.6 is 11.6 Å². The van der Waals surface area contributed by atoms with Crippen LogP contribution in [0.3, 0.4) is 0 Å². The number of aliphatic hydroxyl groups excluding tert-OH is 1. The molecule has 0 fully saturated rings. The minimum Gasteiger partial charge on any atom is -0.362 e. The van der Waals surface area contributed by atoms with Crippen molar-refractivity contribution in [2.24, 2.45) is 0 Å². The van der Waals surface area contributed by atoms with Gasteiger partial charge in [-0.05, 0) is 43.7 Å². The first-order valence-electron chi connectivity index (χ1n) is 7.52. The van der Waals surface area contributed by atoms with Gasteiger partial charge in [0.15, 0.2) is 5.78 Å². The normalized spacial score (nSPS) is 20.8. The highest BCUT2D eigenvalue weighted by atomic mass is 35.5. The molecular formula is C19H17ClO4. The SMILES string of the molecule is Cc1cccc2c1[C@@](C)(OO[C@H](O)c1ccc(Cl)cc1)C=CC2=O. The van der Waals surface area contributed by atoms with Crippen LogP contribution in [0.2, 0.25) is 5.02 Å². The highest BCUT2D eigenvalue weighted by molar-refractivity contribution is 6.30. The summed E-state index contributed by atoms with van der Waals surface area (Å²) in [5.74, 6) is -0.0759. The van der Waals surface area contributed by atoms with Crippen LogP contribution in [-0.4, -0.2) is 10.9 Å². The molecule has 1 aliphatic rings. The molecule has 0 bridgehead atoms. The van der Waals surface area contributed by atoms with Crippen LogP contribution in [0.4, 0.5) is 0 Å². The highest BCUT2D eigenvalue weighted by Crippen LogP contribution is 2.37. The summed E-state index contributed by atoms with van der Waals surface area (Å²) in [4.78, 5) is 22.8. The number of halogens is 1. The number of hydrogen-bond donors (Lipinski definition) is 1. The summed E-state index contributed by atoms with van der Waals surface area (Å²) in [7, 11) is 0. The van der Waals surface area contributed by atoms with Crippen molar-refractivity contribution in [2.45, 2.75) is 25.7 Å². The summed E-state index contributed by atoms with van der Waals surface area (Å²) in [6.07, 6.45) is 1.83. The van der Waals surface area contributed by atoms with Crippen molar-refractivity contribution in [3.8, 4) is 0 Å². The van der Waals surface area contributed by atoms with Crippen LogP contribution in [0.25, 0.3) is 0 Å². The predicted molar refractivity (Wildman–Crippen MR) is 90.6 cm³/mol. The van der Waals surface area contributed by atoms with Crippen LogP contribution in [0.5, 0.6) is 0 Å². The van der Waals surface area contributed by atoms with Crippen LogP contribution in [-0.2, 0) is 15.4 Å². The van der Waals surface area contributed by atoms with Gasteiger partial charge >= 0.3 is 0 Å². The van der Waals surface area contributed by atoms with Crippen molar-refractivity contribution < 1.29 is 19.7 Å². The Hall–Kier alpha value is -1.98. The second-order valence-electron chi connectivity index (χ2n) is 5.89. The molecule has 24 heavy (non-hydrogen) atoms. The van der Waals surface area contributed by atoms with E-state index in [1.54, 1.807) is 43.3 Å². The lowest BCUT2D eigenvalue weighted by atomic mass is 9.82. The van der Waals surface area contributed by atoms with Gasteiger partial charge in [-0.1, -0.05) is 41.9 Å². The molecule has 0 spiro atoms. The molecule has 5 heteroatoms. The number of ketones is 1. The Balaban J connectivity index is 1.83. The number of fused-ring (bicyclic) bond motifs is 1. The second-order valence-corrected chi connectivity index (χ2v) is 6.32. The number of rotatable bonds is 4. The molecule has 0 saturated heterocycles. The van der Waals surface area contributed by atoms with Gasteiger partial charge in [0.25, 0.3) is 0 Å². The van der Waals surface area contributed by atoms with E-state index in [0.717, 1.165) is 11.1 Å². The van der Waals surface area contributed by atoms with E-state index in [9.17, 15) is 9.90 Å². The third kappa shape index (κ3) is 3.14. The Kier molecular flexibility index (Phi) is 4.56. The van der Waals surface area contributed by atoms with Crippen LogP contribution in [0, 0.1) is 6.92 Å². The van der Waals surface area contributed by atoms with Gasteiger partial charge < -0.3 is 5.11 Å². The number of aryl methyl sites for hydroxylation is 1. The molecule has 2 atom stereocenters. The molecule has 2 aromatic rings. The van der Waals surface area contributed by atoms with Crippen molar-refractivity contribution in [2.75, 3.05) is 0 Å². The van der Waals surface area contributed by atoms with Crippen molar-refractivity contribution in [1.29, 1.82) is 0 Å². The first-order valence-corrected chi connectivity index (χ1v) is 7.90. The third-order valence-electron chi connectivity index (χ3n) is 4.05. The quantitative estimate of drug-likeness (QED) is 0.511. The summed E-state index contributed by atoms with van der Waals surface area (Å²) in [5, 5.41) is 10.7. The molecule has 0 aromatic heterocycles. The Morgan fingerprint density at radius 3 is 2.58 bits per heavy atom. The van der Waals surface area contributed by atoms with Gasteiger partial charge in [-0.15, -0.1) is 0 Å². The Labute approximate surface area is 145 Å². The zero-order valence-electron chi connectivity index (χ0n) is 13.3. The van der Waals surface area contributed by atoms with Gasteiger partial charge in [-0.25, -0.2) is 4.89 Å². The first kappa shape index (κ1) is 16.9. The Morgan fingerprint density at radius 1 is 1.17 bits per heavy atom. The summed E-state index contributed by atoms with van der Waals surface area (Å²) in [6.45, 7) is 3.69. The van der Waals surface area contributed by atoms with Gasteiger partial charge in [0.05, 0.1) is 0 Å². The van der Waals surface area contributed by atoms with Crippen LogP contribution < -0.4 is 0 Å². The lowest BCUT2D eigenvalue weighted by Gasteiger charge is -2.32. The number of hydrogen-bond acceptors (Lipinski definition) is 4. The molecule has 124 valence electrons. The fourth-order valence-electron chi connectivity index (χ4n) is 2.84. The van der Waals surface area contributed by atoms with Gasteiger partial charge in [0.2, 0.25) is 6.29 Å². The minimum atomic E-state index is -1.27. The molecule has 0 saturated carbocycles. The molecule has 4 nitrogen and oxygen atoms in total. The van der Waals surface area contributed by atoms with Gasteiger partial charge in [0.1, 0.15) is 5.60 Å². The monoisotopic (exact) mass is 344 g/mol. The molecule has 0 amide bonds. The van der Waals surface area contributed by atoms with E-state index in [2.05, 4.69) is 0 Å². The Bertz CT molecular complexity index is 798. The van der Waals surface area contributed by atoms with Crippen LogP contribution in [0.15, 0.2) is 54.6 Å². The second kappa shape index (κ2) is 6.49. The topological polar surface area (TPSA) is 55.8 Å². The largest absolute Gasteiger partial charge is 0.362 e. The number of benzene rings is 2. The Morgan fingerprint density at radius 2 is 1.88 bits per heavy atom. The summed E-state index contributed by atoms with van der Waals surface area (Å²) in [6, 6.07) is 12.1. The van der Waals surface area contributed by atoms with E-state index in [4.69, 9.17) is 21.4 Å². The first-order chi connectivity index (χ1) is 11.4. The summed E-state index contributed by atoms with van der Waals surface area (Å²) in [5.41, 5.74) is 1.77. The fourth-order valence-corrected chi connectivity index (χ4v) is 2.96. The molecule has 1 aliphatic carbocycles. The van der Waals surface area contributed by atoms with Gasteiger partial charge in [0, 0.05) is 21.7 Å². The van der Waals surface area contributed by atoms with E-state index in [0.29, 0.717) is 16.1 Å². The molecular weight excluding hydrogens is 328 g/mol. The van der Waals surface area contributed by atoms with Crippen molar-refractivity contribution in [3.05, 3.63) is 81.9 Å². The summed E-state index contributed by atoms with van der Waals surface area (Å²) >= 11 is 5.83. The molecule has 1 N–H and O–H groups in total. The minimum absolute atomic E-state index is 0.0759. The number of aliphatic hydroxyl groups is 1.